The number of halogens is 1. The molecule has 1 heterocycles. The van der Waals surface area contributed by atoms with E-state index >= 15 is 0 Å². The number of aromatic nitrogens is 2. The number of nitrogens with one attached hydrogen (secondary N) is 1. The van der Waals surface area contributed by atoms with E-state index in [-0.39, 0.29) is 17.8 Å². The first-order valence-electron chi connectivity index (χ1n) is 9.61. The highest BCUT2D eigenvalue weighted by Crippen LogP contribution is 2.25. The first-order valence-corrected chi connectivity index (χ1v) is 9.61. The van der Waals surface area contributed by atoms with Gasteiger partial charge in [-0.25, -0.2) is 9.37 Å². The molecule has 3 aromatic carbocycles. The summed E-state index contributed by atoms with van der Waals surface area (Å²) < 4.78 is 16.4. The monoisotopic (exact) mass is 387 g/mol. The van der Waals surface area contributed by atoms with E-state index in [0.29, 0.717) is 24.4 Å². The van der Waals surface area contributed by atoms with E-state index < -0.39 is 0 Å². The minimum absolute atomic E-state index is 0.129. The molecule has 0 saturated carbocycles. The fraction of sp³-hybridized carbons (Fsp3) is 0.167. The summed E-state index contributed by atoms with van der Waals surface area (Å²) >= 11 is 0. The quantitative estimate of drug-likeness (QED) is 0.524. The highest BCUT2D eigenvalue weighted by molar-refractivity contribution is 5.77. The summed E-state index contributed by atoms with van der Waals surface area (Å²) in [5.41, 5.74) is 3.41. The Morgan fingerprint density at radius 3 is 2.45 bits per heavy atom. The van der Waals surface area contributed by atoms with Gasteiger partial charge >= 0.3 is 0 Å². The van der Waals surface area contributed by atoms with Crippen LogP contribution in [0.4, 0.5) is 4.39 Å². The predicted molar refractivity (Wildman–Crippen MR) is 112 cm³/mol. The van der Waals surface area contributed by atoms with Crippen molar-refractivity contribution < 1.29 is 9.18 Å². The van der Waals surface area contributed by atoms with Crippen LogP contribution in [0.5, 0.6) is 0 Å². The van der Waals surface area contributed by atoms with E-state index in [9.17, 15) is 9.18 Å². The van der Waals surface area contributed by atoms with Crippen molar-refractivity contribution in [2.24, 2.45) is 0 Å². The van der Waals surface area contributed by atoms with E-state index in [4.69, 9.17) is 4.98 Å². The first kappa shape index (κ1) is 18.9. The third-order valence-electron chi connectivity index (χ3n) is 4.94. The van der Waals surface area contributed by atoms with Crippen LogP contribution in [0.15, 0.2) is 78.9 Å². The van der Waals surface area contributed by atoms with Crippen molar-refractivity contribution in [2.75, 3.05) is 0 Å². The Hall–Kier alpha value is -3.47. The Morgan fingerprint density at radius 1 is 1.00 bits per heavy atom. The van der Waals surface area contributed by atoms with Crippen LogP contribution in [0.1, 0.15) is 29.9 Å². The molecular formula is C24H22FN3O. The zero-order chi connectivity index (χ0) is 20.2. The minimum atomic E-state index is -0.325. The van der Waals surface area contributed by atoms with Crippen molar-refractivity contribution in [3.8, 4) is 0 Å². The van der Waals surface area contributed by atoms with Gasteiger partial charge < -0.3 is 9.88 Å². The minimum Gasteiger partial charge on any atom is -0.346 e. The molecule has 1 aromatic heterocycles. The van der Waals surface area contributed by atoms with E-state index in [0.717, 1.165) is 16.6 Å². The summed E-state index contributed by atoms with van der Waals surface area (Å²) in [6.07, 6.45) is 0.598. The maximum Gasteiger partial charge on any atom is 0.217 e. The molecule has 5 heteroatoms. The lowest BCUT2D eigenvalue weighted by atomic mass is 10.0. The lowest BCUT2D eigenvalue weighted by Crippen LogP contribution is -2.30. The van der Waals surface area contributed by atoms with Gasteiger partial charge in [-0.1, -0.05) is 60.7 Å². The SMILES string of the molecule is CC(=O)N[C@@H](Cc1ccccc1)c1nc2ccccc2n1Cc1ccccc1F. The van der Waals surface area contributed by atoms with Crippen LogP contribution >= 0.6 is 0 Å². The lowest BCUT2D eigenvalue weighted by Gasteiger charge is -2.20. The summed E-state index contributed by atoms with van der Waals surface area (Å²) in [6.45, 7) is 1.84. The van der Waals surface area contributed by atoms with Gasteiger partial charge in [-0.05, 0) is 30.2 Å². The van der Waals surface area contributed by atoms with E-state index in [1.54, 1.807) is 12.1 Å². The van der Waals surface area contributed by atoms with Crippen molar-refractivity contribution in [1.29, 1.82) is 0 Å². The largest absolute Gasteiger partial charge is 0.346 e. The maximum atomic E-state index is 14.4. The Kier molecular flexibility index (Phi) is 5.38. The number of hydrogen-bond donors (Lipinski definition) is 1. The molecule has 0 radical (unpaired) electrons. The van der Waals surface area contributed by atoms with Crippen LogP contribution < -0.4 is 5.32 Å². The van der Waals surface area contributed by atoms with E-state index in [1.165, 1.54) is 13.0 Å². The molecule has 0 saturated heterocycles. The highest BCUT2D eigenvalue weighted by atomic mass is 19.1. The van der Waals surface area contributed by atoms with E-state index in [2.05, 4.69) is 5.32 Å². The number of para-hydroxylation sites is 2. The topological polar surface area (TPSA) is 46.9 Å². The molecule has 146 valence electrons. The highest BCUT2D eigenvalue weighted by Gasteiger charge is 2.22. The molecule has 4 rings (SSSR count). The normalized spacial score (nSPS) is 12.1. The van der Waals surface area contributed by atoms with Crippen molar-refractivity contribution in [3.63, 3.8) is 0 Å². The van der Waals surface area contributed by atoms with Crippen LogP contribution in [0, 0.1) is 5.82 Å². The molecule has 0 unspecified atom stereocenters. The molecule has 0 aliphatic carbocycles. The first-order chi connectivity index (χ1) is 14.1. The molecule has 4 nitrogen and oxygen atoms in total. The number of benzene rings is 3. The Balaban J connectivity index is 1.81. The second kappa shape index (κ2) is 8.27. The molecular weight excluding hydrogens is 365 g/mol. The smallest absolute Gasteiger partial charge is 0.217 e. The number of carbonyl (C=O) groups is 1. The molecule has 1 N–H and O–H groups in total. The average molecular weight is 387 g/mol. The van der Waals surface area contributed by atoms with Crippen molar-refractivity contribution in [3.05, 3.63) is 102 Å². The number of carbonyl (C=O) groups excluding carboxylic acids is 1. The van der Waals surface area contributed by atoms with Gasteiger partial charge in [0.15, 0.2) is 0 Å². The fourth-order valence-electron chi connectivity index (χ4n) is 3.63. The predicted octanol–water partition coefficient (Wildman–Crippen LogP) is 4.64. The molecule has 0 aliphatic rings. The Bertz CT molecular complexity index is 1140. The summed E-state index contributed by atoms with van der Waals surface area (Å²) in [5, 5.41) is 3.03. The number of hydrogen-bond acceptors (Lipinski definition) is 2. The van der Waals surface area contributed by atoms with Gasteiger partial charge in [0.25, 0.3) is 0 Å². The molecule has 0 spiro atoms. The van der Waals surface area contributed by atoms with Crippen molar-refractivity contribution in [1.82, 2.24) is 14.9 Å². The van der Waals surface area contributed by atoms with Crippen LogP contribution in [0.25, 0.3) is 11.0 Å². The summed E-state index contributed by atoms with van der Waals surface area (Å²) in [7, 11) is 0. The molecule has 0 bridgehead atoms. The van der Waals surface area contributed by atoms with Crippen molar-refractivity contribution in [2.45, 2.75) is 25.9 Å². The second-order valence-electron chi connectivity index (χ2n) is 7.08. The number of nitrogens with zero attached hydrogens (tertiary/aromatic N) is 2. The van der Waals surface area contributed by atoms with Gasteiger partial charge in [0.2, 0.25) is 5.91 Å². The van der Waals surface area contributed by atoms with Gasteiger partial charge in [-0.15, -0.1) is 0 Å². The zero-order valence-corrected chi connectivity index (χ0v) is 16.2. The fourth-order valence-corrected chi connectivity index (χ4v) is 3.63. The molecule has 4 aromatic rings. The Labute approximate surface area is 169 Å². The summed E-state index contributed by atoms with van der Waals surface area (Å²) in [4.78, 5) is 16.8. The second-order valence-corrected chi connectivity index (χ2v) is 7.08. The van der Waals surface area contributed by atoms with Gasteiger partial charge in [0, 0.05) is 12.5 Å². The summed E-state index contributed by atoms with van der Waals surface area (Å²) in [5.74, 6) is 0.333. The molecule has 0 aliphatic heterocycles. The van der Waals surface area contributed by atoms with Gasteiger partial charge in [-0.2, -0.15) is 0 Å². The number of fused-ring (bicyclic) bond motifs is 1. The molecule has 29 heavy (non-hydrogen) atoms. The van der Waals surface area contributed by atoms with Crippen LogP contribution in [0.2, 0.25) is 0 Å². The number of amides is 1. The number of rotatable bonds is 6. The van der Waals surface area contributed by atoms with Crippen LogP contribution in [-0.2, 0) is 17.8 Å². The maximum absolute atomic E-state index is 14.4. The van der Waals surface area contributed by atoms with Crippen LogP contribution in [0.3, 0.4) is 0 Å². The van der Waals surface area contributed by atoms with Crippen LogP contribution in [-0.4, -0.2) is 15.5 Å². The van der Waals surface area contributed by atoms with E-state index in [1.807, 2.05) is 65.2 Å². The van der Waals surface area contributed by atoms with Gasteiger partial charge in [0.05, 0.1) is 23.6 Å². The lowest BCUT2D eigenvalue weighted by molar-refractivity contribution is -0.119. The molecule has 1 amide bonds. The summed E-state index contributed by atoms with van der Waals surface area (Å²) in [6, 6.07) is 24.2. The van der Waals surface area contributed by atoms with Crippen molar-refractivity contribution >= 4 is 16.9 Å². The van der Waals surface area contributed by atoms with Gasteiger partial charge in [0.1, 0.15) is 11.6 Å². The third-order valence-corrected chi connectivity index (χ3v) is 4.94. The molecule has 1 atom stereocenters. The standard InChI is InChI=1S/C24H22FN3O/c1-17(29)26-22(15-18-9-3-2-4-10-18)24-27-21-13-7-8-14-23(21)28(24)16-19-11-5-6-12-20(19)25/h2-14,22H,15-16H2,1H3,(H,26,29)/t22-/m0/s1. The third kappa shape index (κ3) is 4.19. The Morgan fingerprint density at radius 2 is 1.69 bits per heavy atom. The molecule has 0 fully saturated rings. The zero-order valence-electron chi connectivity index (χ0n) is 16.2. The average Bonchev–Trinajstić information content (AvgIpc) is 3.08. The number of imidazole rings is 1. The van der Waals surface area contributed by atoms with Gasteiger partial charge in [-0.3, -0.25) is 4.79 Å².